The first kappa shape index (κ1) is 24.4. The van der Waals surface area contributed by atoms with Crippen LogP contribution in [0, 0.1) is 10.1 Å². The van der Waals surface area contributed by atoms with Crippen molar-refractivity contribution in [3.8, 4) is 11.5 Å². The molecule has 2 aliphatic heterocycles. The minimum absolute atomic E-state index is 0.185. The van der Waals surface area contributed by atoms with Crippen molar-refractivity contribution in [3.05, 3.63) is 97.5 Å². The maximum Gasteiger partial charge on any atom is 0.256 e. The zero-order valence-corrected chi connectivity index (χ0v) is 21.0. The van der Waals surface area contributed by atoms with Gasteiger partial charge < -0.3 is 14.8 Å². The van der Waals surface area contributed by atoms with Gasteiger partial charge in [0.1, 0.15) is 6.61 Å². The lowest BCUT2D eigenvalue weighted by molar-refractivity contribution is -0.532. The number of nitrogens with one attached hydrogen (secondary N) is 2. The van der Waals surface area contributed by atoms with Gasteiger partial charge in [0.05, 0.1) is 13.0 Å². The number of hydrogen-bond acceptors (Lipinski definition) is 6. The lowest BCUT2D eigenvalue weighted by Gasteiger charge is -2.25. The molecule has 0 unspecified atom stereocenters. The number of ether oxygens (including phenoxy) is 2. The molecule has 36 heavy (non-hydrogen) atoms. The summed E-state index contributed by atoms with van der Waals surface area (Å²) < 4.78 is 11.5. The van der Waals surface area contributed by atoms with Crippen molar-refractivity contribution in [2.24, 2.45) is 0 Å². The molecule has 186 valence electrons. The van der Waals surface area contributed by atoms with Crippen molar-refractivity contribution < 1.29 is 19.2 Å². The van der Waals surface area contributed by atoms with Gasteiger partial charge in [0, 0.05) is 37.8 Å². The smallest absolute Gasteiger partial charge is 0.256 e. The predicted molar refractivity (Wildman–Crippen MR) is 137 cm³/mol. The molecule has 1 spiro atoms. The molecule has 1 saturated heterocycles. The van der Waals surface area contributed by atoms with E-state index >= 15 is 0 Å². The van der Waals surface area contributed by atoms with Crippen LogP contribution >= 0.6 is 23.2 Å². The van der Waals surface area contributed by atoms with E-state index < -0.39 is 23.4 Å². The lowest BCUT2D eigenvalue weighted by Crippen LogP contribution is -2.54. The lowest BCUT2D eigenvalue weighted by atomic mass is 9.78. The van der Waals surface area contributed by atoms with E-state index in [2.05, 4.69) is 10.6 Å². The molecule has 0 bridgehead atoms. The minimum atomic E-state index is -1.47. The Labute approximate surface area is 217 Å². The third-order valence-electron chi connectivity index (χ3n) is 6.93. The molecule has 1 fully saturated rings. The SMILES string of the molecule is COc1cc([C@@H]2[C@H](C)N[C@]3(C(=O)Nc4ccccc43)[C@@H]2[N+](=O)[O-])ccc1OCc1ccc(Cl)cc1Cl. The van der Waals surface area contributed by atoms with Crippen molar-refractivity contribution in [2.45, 2.75) is 37.1 Å². The van der Waals surface area contributed by atoms with E-state index in [9.17, 15) is 14.9 Å². The van der Waals surface area contributed by atoms with Crippen molar-refractivity contribution in [2.75, 3.05) is 12.4 Å². The molecular weight excluding hydrogens is 505 g/mol. The van der Waals surface area contributed by atoms with E-state index in [0.29, 0.717) is 38.4 Å². The standard InChI is InChI=1S/C26H23Cl2N3O5/c1-14-23(24(31(33)34)26(30-14)18-5-3-4-6-20(18)29-25(26)32)15-8-10-21(22(11-15)35-2)36-13-16-7-9-17(27)12-19(16)28/h3-12,14,23-24,30H,13H2,1-2H3,(H,29,32)/t14-,23-,24+,26-/m0/s1. The van der Waals surface area contributed by atoms with E-state index in [1.54, 1.807) is 60.7 Å². The monoisotopic (exact) mass is 527 g/mol. The summed E-state index contributed by atoms with van der Waals surface area (Å²) in [6, 6.07) is 15.8. The summed E-state index contributed by atoms with van der Waals surface area (Å²) in [5.74, 6) is -0.150. The maximum atomic E-state index is 13.2. The second kappa shape index (κ2) is 9.28. The predicted octanol–water partition coefficient (Wildman–Crippen LogP) is 5.15. The molecule has 2 N–H and O–H groups in total. The second-order valence-corrected chi connectivity index (χ2v) is 9.78. The van der Waals surface area contributed by atoms with E-state index in [1.165, 1.54) is 7.11 Å². The van der Waals surface area contributed by atoms with Crippen LogP contribution in [0.1, 0.15) is 29.5 Å². The van der Waals surface area contributed by atoms with Crippen molar-refractivity contribution in [3.63, 3.8) is 0 Å². The van der Waals surface area contributed by atoms with Gasteiger partial charge in [-0.15, -0.1) is 0 Å². The fourth-order valence-corrected chi connectivity index (χ4v) is 5.82. The molecule has 10 heteroatoms. The number of rotatable bonds is 6. The highest BCUT2D eigenvalue weighted by atomic mass is 35.5. The van der Waals surface area contributed by atoms with E-state index in [1.807, 2.05) is 6.92 Å². The van der Waals surface area contributed by atoms with Crippen molar-refractivity contribution in [1.29, 1.82) is 0 Å². The molecule has 0 aliphatic carbocycles. The van der Waals surface area contributed by atoms with Gasteiger partial charge in [0.15, 0.2) is 17.0 Å². The third-order valence-corrected chi connectivity index (χ3v) is 7.52. The third kappa shape index (κ3) is 3.86. The molecule has 8 nitrogen and oxygen atoms in total. The highest BCUT2D eigenvalue weighted by Gasteiger charge is 2.67. The largest absolute Gasteiger partial charge is 0.493 e. The minimum Gasteiger partial charge on any atom is -0.493 e. The fourth-order valence-electron chi connectivity index (χ4n) is 5.36. The van der Waals surface area contributed by atoms with Crippen LogP contribution in [0.5, 0.6) is 11.5 Å². The summed E-state index contributed by atoms with van der Waals surface area (Å²) in [7, 11) is 1.50. The topological polar surface area (TPSA) is 103 Å². The fraction of sp³-hybridized carbons (Fsp3) is 0.269. The number of benzene rings is 3. The number of anilines is 1. The molecule has 0 radical (unpaired) electrons. The Morgan fingerprint density at radius 3 is 2.58 bits per heavy atom. The van der Waals surface area contributed by atoms with Gasteiger partial charge in [0.25, 0.3) is 11.9 Å². The van der Waals surface area contributed by atoms with E-state index in [-0.39, 0.29) is 17.6 Å². The van der Waals surface area contributed by atoms with Gasteiger partial charge in [0.2, 0.25) is 0 Å². The number of fused-ring (bicyclic) bond motifs is 2. The highest BCUT2D eigenvalue weighted by Crippen LogP contribution is 2.50. The maximum absolute atomic E-state index is 13.2. The average Bonchev–Trinajstić information content (AvgIpc) is 3.32. The molecular formula is C26H23Cl2N3O5. The molecule has 3 aromatic rings. The number of nitrogens with zero attached hydrogens (tertiary/aromatic N) is 1. The number of halogens is 2. The first-order chi connectivity index (χ1) is 17.3. The number of methoxy groups -OCH3 is 1. The molecule has 1 amide bonds. The average molecular weight is 528 g/mol. The summed E-state index contributed by atoms with van der Waals surface area (Å²) in [6.07, 6.45) is 0. The quantitative estimate of drug-likeness (QED) is 0.339. The van der Waals surface area contributed by atoms with Gasteiger partial charge in [-0.2, -0.15) is 0 Å². The highest BCUT2D eigenvalue weighted by molar-refractivity contribution is 6.35. The molecule has 3 aromatic carbocycles. The van der Waals surface area contributed by atoms with Gasteiger partial charge in [-0.05, 0) is 42.8 Å². The first-order valence-electron chi connectivity index (χ1n) is 11.3. The number of carbonyl (C=O) groups is 1. The molecule has 4 atom stereocenters. The number of hydrogen-bond donors (Lipinski definition) is 2. The zero-order chi connectivity index (χ0) is 25.6. The zero-order valence-electron chi connectivity index (χ0n) is 19.5. The second-order valence-electron chi connectivity index (χ2n) is 8.93. The van der Waals surface area contributed by atoms with E-state index in [0.717, 1.165) is 5.56 Å². The number of amides is 1. The Morgan fingerprint density at radius 1 is 1.08 bits per heavy atom. The molecule has 0 aromatic heterocycles. The Bertz CT molecular complexity index is 1370. The Hall–Kier alpha value is -3.33. The normalized spacial score (nSPS) is 24.4. The van der Waals surface area contributed by atoms with Crippen LogP contribution < -0.4 is 20.1 Å². The van der Waals surface area contributed by atoms with Gasteiger partial charge in [-0.1, -0.05) is 53.5 Å². The van der Waals surface area contributed by atoms with Gasteiger partial charge in [-0.25, -0.2) is 0 Å². The van der Waals surface area contributed by atoms with Crippen LogP contribution in [-0.4, -0.2) is 30.0 Å². The number of para-hydroxylation sites is 1. The molecule has 5 rings (SSSR count). The molecule has 2 heterocycles. The summed E-state index contributed by atoms with van der Waals surface area (Å²) >= 11 is 12.2. The molecule has 0 saturated carbocycles. The van der Waals surface area contributed by atoms with Crippen molar-refractivity contribution in [1.82, 2.24) is 5.32 Å². The van der Waals surface area contributed by atoms with E-state index in [4.69, 9.17) is 32.7 Å². The summed E-state index contributed by atoms with van der Waals surface area (Å²) in [6.45, 7) is 2.04. The van der Waals surface area contributed by atoms with Crippen molar-refractivity contribution >= 4 is 34.8 Å². The van der Waals surface area contributed by atoms with Crippen LogP contribution in [0.15, 0.2) is 60.7 Å². The Kier molecular flexibility index (Phi) is 6.28. The number of carbonyl (C=O) groups excluding carboxylic acids is 1. The summed E-state index contributed by atoms with van der Waals surface area (Å²) in [5, 5.41) is 19.6. The number of nitro groups is 1. The first-order valence-corrected chi connectivity index (χ1v) is 12.1. The van der Waals surface area contributed by atoms with Crippen LogP contribution in [0.25, 0.3) is 0 Å². The van der Waals surface area contributed by atoms with Gasteiger partial charge in [-0.3, -0.25) is 20.2 Å². The van der Waals surface area contributed by atoms with Crippen LogP contribution in [0.3, 0.4) is 0 Å². The molecule has 2 aliphatic rings. The summed E-state index contributed by atoms with van der Waals surface area (Å²) in [4.78, 5) is 25.3. The van der Waals surface area contributed by atoms with Crippen LogP contribution in [0.2, 0.25) is 10.0 Å². The summed E-state index contributed by atoms with van der Waals surface area (Å²) in [5.41, 5.74) is 1.11. The Morgan fingerprint density at radius 2 is 1.86 bits per heavy atom. The Balaban J connectivity index is 1.48. The van der Waals surface area contributed by atoms with Gasteiger partial charge >= 0.3 is 0 Å². The van der Waals surface area contributed by atoms with Crippen LogP contribution in [-0.2, 0) is 16.9 Å². The van der Waals surface area contributed by atoms with Crippen LogP contribution in [0.4, 0.5) is 5.69 Å².